The summed E-state index contributed by atoms with van der Waals surface area (Å²) in [5.41, 5.74) is 5.59. The number of carbonyl (C=O) groups excluding carboxylic acids is 1. The van der Waals surface area contributed by atoms with Crippen LogP contribution < -0.4 is 0 Å². The zero-order valence-electron chi connectivity index (χ0n) is 71.0. The largest absolute Gasteiger partial charge is 0.411 e. The number of aliphatic hydroxyl groups excluding tert-OH is 3. The first-order valence-corrected chi connectivity index (χ1v) is 54.1. The standard InChI is InChI=1S/C20H30ClN3O3Si.C19H30ClN3O3Si.C18H27ClIN3O2Si.C11H11ClIN3O3.C6H3ClIN3.C6H4ClN3/c1-8-14-15(27-28(6,7)20(3,4)5)9-16(26-14)24-10-13(12(2)25)17-18(21)22-11-23-19(17)24;1-7-13-14(26-27(5,6)19(2,3)4)8-15(25-13)23-9-12(10-24)16-17(20)21-11-22-18(16)23;1-7-12-13(25-26(5,6)18(2,3)4)8-14(24-12)23-9-11(20)15-16(19)21-10-22-17(15)23;12-10-9-5(13)2-16(11(9)15-4-14-10)8-1-6(18)7(3-17)19-8;7-5-4-3(8)1-9-6(4)11-2-10-5;7-5-4-1-2-8-6(4)10-3-9-5/h10-11,14-16H,8-9H2,1-7H3;9,11,13-15,24H,7-8,10H2,1-6H3;9-10,12-14H,7-8H2,1-6H3;2,4,6-8,17-18H,1,3H2;1-2H,(H,9,10,11);1-3H,(H,8,9,10)/t14-,15?,16-;13-,14?,15-;12-,13?,14-;6?,7-,8-;;/m1111../s1. The van der Waals surface area contributed by atoms with Gasteiger partial charge in [-0.15, -0.1) is 0 Å². The highest BCUT2D eigenvalue weighted by Crippen LogP contribution is 2.48. The smallest absolute Gasteiger partial charge is 0.192 e. The molecule has 4 aliphatic heterocycles. The number of nitrogens with zero attached hydrogens (tertiary/aromatic N) is 16. The minimum atomic E-state index is -1.92. The summed E-state index contributed by atoms with van der Waals surface area (Å²) in [6.45, 7) is 41.6. The van der Waals surface area contributed by atoms with Gasteiger partial charge in [0.1, 0.15) is 134 Å². The van der Waals surface area contributed by atoms with Crippen LogP contribution in [0.25, 0.3) is 66.2 Å². The van der Waals surface area contributed by atoms with Crippen LogP contribution in [0.5, 0.6) is 0 Å². The van der Waals surface area contributed by atoms with Crippen molar-refractivity contribution >= 4 is 234 Å². The number of aromatic nitrogens is 18. The first-order valence-electron chi connectivity index (χ1n) is 39.8. The molecule has 0 aliphatic carbocycles. The molecule has 656 valence electrons. The quantitative estimate of drug-likeness (QED) is 0.0260. The van der Waals surface area contributed by atoms with E-state index in [1.807, 2.05) is 38.4 Å². The van der Waals surface area contributed by atoms with Crippen LogP contribution >= 0.6 is 137 Å². The highest BCUT2D eigenvalue weighted by molar-refractivity contribution is 14.1. The normalized spacial score (nSPS) is 22.2. The molecule has 16 rings (SSSR count). The molecule has 0 saturated carbocycles. The highest BCUT2D eigenvalue weighted by Gasteiger charge is 2.49. The van der Waals surface area contributed by atoms with Crippen LogP contribution in [0.1, 0.15) is 176 Å². The van der Waals surface area contributed by atoms with Gasteiger partial charge in [-0.05, 0) is 154 Å². The third kappa shape index (κ3) is 21.6. The maximum atomic E-state index is 12.1. The van der Waals surface area contributed by atoms with Gasteiger partial charge >= 0.3 is 0 Å². The predicted octanol–water partition coefficient (Wildman–Crippen LogP) is 21.0. The third-order valence-electron chi connectivity index (χ3n) is 23.6. The molecule has 12 aromatic rings. The monoisotopic (exact) mass is 2170 g/mol. The molecule has 0 bridgehead atoms. The average Bonchev–Trinajstić information content (AvgIpc) is 1.61. The molecule has 0 aromatic carbocycles. The number of hydrogen-bond donors (Lipinski definition) is 5. The van der Waals surface area contributed by atoms with Crippen molar-refractivity contribution in [1.82, 2.24) is 88.0 Å². The number of nitrogens with one attached hydrogen (secondary N) is 2. The van der Waals surface area contributed by atoms with Crippen molar-refractivity contribution in [1.29, 1.82) is 0 Å². The van der Waals surface area contributed by atoms with Crippen molar-refractivity contribution in [2.24, 2.45) is 0 Å². The van der Waals surface area contributed by atoms with Crippen molar-refractivity contribution in [3.63, 3.8) is 0 Å². The van der Waals surface area contributed by atoms with E-state index in [2.05, 4.69) is 271 Å². The molecule has 0 spiro atoms. The Hall–Kier alpha value is -4.43. The van der Waals surface area contributed by atoms with Crippen LogP contribution in [0.4, 0.5) is 0 Å². The Morgan fingerprint density at radius 3 is 1.19 bits per heavy atom. The van der Waals surface area contributed by atoms with E-state index in [1.165, 1.54) is 44.9 Å². The maximum absolute atomic E-state index is 12.1. The number of carbonyl (C=O) groups is 1. The molecular weight excluding hydrogens is 2070 g/mol. The summed E-state index contributed by atoms with van der Waals surface area (Å²) in [6.07, 6.45) is 23.4. The Morgan fingerprint density at radius 2 is 0.810 bits per heavy atom. The molecule has 4 saturated heterocycles. The minimum absolute atomic E-state index is 0.00895. The molecule has 12 atom stereocenters. The molecule has 16 heterocycles. The first kappa shape index (κ1) is 97.2. The number of aromatic amines is 2. The van der Waals surface area contributed by atoms with Gasteiger partial charge in [-0.25, -0.2) is 59.8 Å². The van der Waals surface area contributed by atoms with Gasteiger partial charge < -0.3 is 75.8 Å². The summed E-state index contributed by atoms with van der Waals surface area (Å²) in [5.74, 6) is -0.0699. The number of ether oxygens (including phenoxy) is 4. The number of ketones is 1. The number of aliphatic hydroxyl groups is 3. The molecule has 5 N–H and O–H groups in total. The SMILES string of the molecule is CC[C@H]1O[C@@H](n2cc(C(C)=O)c3c(Cl)ncnc32)CC1O[Si](C)(C)C(C)(C)C.CC[C@H]1O[C@@H](n2cc(CO)c3c(Cl)ncnc32)CC1O[Si](C)(C)C(C)(C)C.CC[C@H]1O[C@@H](n2cc(I)c3c(Cl)ncnc32)CC1O[Si](C)(C)C(C)(C)C.Clc1ncnc2[nH]cc(I)c12.Clc1ncnc2[nH]ccc12.OC[C@H]1O[C@@H](n2cc(I)c3c(Cl)ncnc32)CC1O. The summed E-state index contributed by atoms with van der Waals surface area (Å²) < 4.78 is 55.6. The molecule has 41 heteroatoms. The van der Waals surface area contributed by atoms with Gasteiger partial charge in [0.15, 0.2) is 30.7 Å². The fourth-order valence-electron chi connectivity index (χ4n) is 14.0. The summed E-state index contributed by atoms with van der Waals surface area (Å²) >= 11 is 43.0. The Morgan fingerprint density at radius 1 is 0.463 bits per heavy atom. The molecule has 0 amide bonds. The van der Waals surface area contributed by atoms with Crippen molar-refractivity contribution in [2.75, 3.05) is 6.61 Å². The number of hydrogen-bond acceptors (Lipinski definition) is 23. The molecule has 4 unspecified atom stereocenters. The lowest BCUT2D eigenvalue weighted by atomic mass is 10.1. The Bertz CT molecular complexity index is 5610. The second kappa shape index (κ2) is 40.1. The van der Waals surface area contributed by atoms with Crippen LogP contribution in [0.2, 0.25) is 85.3 Å². The lowest BCUT2D eigenvalue weighted by molar-refractivity contribution is -0.0430. The van der Waals surface area contributed by atoms with Crippen LogP contribution in [-0.4, -0.2) is 190 Å². The van der Waals surface area contributed by atoms with Gasteiger partial charge in [-0.1, -0.05) is 153 Å². The first-order chi connectivity index (χ1) is 56.9. The van der Waals surface area contributed by atoms with E-state index in [0.29, 0.717) is 77.4 Å². The fraction of sp³-hybridized carbons (Fsp3) is 0.537. The van der Waals surface area contributed by atoms with E-state index in [9.17, 15) is 15.0 Å². The van der Waals surface area contributed by atoms with Gasteiger partial charge in [-0.3, -0.25) is 4.79 Å². The van der Waals surface area contributed by atoms with Crippen molar-refractivity contribution in [2.45, 2.75) is 270 Å². The third-order valence-corrected chi connectivity index (χ3v) is 41.3. The van der Waals surface area contributed by atoms with E-state index in [1.54, 1.807) is 12.4 Å². The summed E-state index contributed by atoms with van der Waals surface area (Å²) in [7, 11) is -5.68. The van der Waals surface area contributed by atoms with Crippen molar-refractivity contribution in [3.05, 3.63) is 134 Å². The number of halogens is 9. The second-order valence-electron chi connectivity index (χ2n) is 34.6. The van der Waals surface area contributed by atoms with E-state index >= 15 is 0 Å². The van der Waals surface area contributed by atoms with Gasteiger partial charge in [0, 0.05) is 84.7 Å². The Balaban J connectivity index is 0.000000146. The lowest BCUT2D eigenvalue weighted by Gasteiger charge is -2.39. The van der Waals surface area contributed by atoms with Crippen LogP contribution in [-0.2, 0) is 38.8 Å². The predicted molar refractivity (Wildman–Crippen MR) is 506 cm³/mol. The van der Waals surface area contributed by atoms with Crippen LogP contribution in [0.3, 0.4) is 0 Å². The summed E-state index contributed by atoms with van der Waals surface area (Å²) in [6, 6.07) is 1.84. The van der Waals surface area contributed by atoms with Crippen molar-refractivity contribution < 1.29 is 52.3 Å². The van der Waals surface area contributed by atoms with Crippen LogP contribution in [0, 0.1) is 10.7 Å². The fourth-order valence-corrected chi connectivity index (χ4v) is 22.1. The Labute approximate surface area is 777 Å². The summed E-state index contributed by atoms with van der Waals surface area (Å²) in [4.78, 5) is 67.3. The average molecular weight is 2170 g/mol. The molecular formula is C80H105Cl6I3N18O11Si3. The number of Topliss-reactive ketones (excluding diaryl/α,β-unsaturated/α-hetero) is 1. The number of rotatable bonds is 16. The molecule has 4 aliphatic rings. The molecule has 12 aromatic heterocycles. The van der Waals surface area contributed by atoms with E-state index in [4.69, 9.17) is 107 Å². The zero-order chi connectivity index (χ0) is 88.5. The lowest BCUT2D eigenvalue weighted by Crippen LogP contribution is -2.45. The second-order valence-corrected chi connectivity index (χ2v) is 54.5. The summed E-state index contributed by atoms with van der Waals surface area (Å²) in [5, 5.41) is 36.3. The Kier molecular flexibility index (Phi) is 32.2. The van der Waals surface area contributed by atoms with Crippen molar-refractivity contribution in [3.8, 4) is 0 Å². The van der Waals surface area contributed by atoms with Gasteiger partial charge in [0.25, 0.3) is 0 Å². The number of H-pyrrole nitrogens is 2. The van der Waals surface area contributed by atoms with E-state index in [0.717, 1.165) is 81.3 Å². The van der Waals surface area contributed by atoms with Crippen LogP contribution in [0.15, 0.2) is 81.2 Å². The maximum Gasteiger partial charge on any atom is 0.192 e. The molecule has 4 fully saturated rings. The highest BCUT2D eigenvalue weighted by atomic mass is 127. The van der Waals surface area contributed by atoms with Gasteiger partial charge in [-0.2, -0.15) is 0 Å². The van der Waals surface area contributed by atoms with E-state index in [-0.39, 0.29) is 101 Å². The topological polar surface area (TPSA) is 348 Å². The van der Waals surface area contributed by atoms with Gasteiger partial charge in [0.2, 0.25) is 0 Å². The minimum Gasteiger partial charge on any atom is -0.411 e. The zero-order valence-corrected chi connectivity index (χ0v) is 85.0. The molecule has 29 nitrogen and oxygen atoms in total. The molecule has 0 radical (unpaired) electrons. The van der Waals surface area contributed by atoms with E-state index < -0.39 is 37.2 Å². The molecule has 121 heavy (non-hydrogen) atoms. The number of fused-ring (bicyclic) bond motifs is 6. The van der Waals surface area contributed by atoms with Gasteiger partial charge in [0.05, 0.1) is 88.3 Å².